The maximum Gasteiger partial charge on any atom is 0.264 e. The standard InChI is InChI=1S/C22H27NO7S/c1-26-22-18(23-13-15-9-5-3-6-10-15)20(30-31(2,24)25)19-17(28-22)14-27-21(29-19)16-11-7-4-8-12-16/h3-12,17-23H,13-14H2,1-2H3/t17-,18-,19+,20+,21+,22-/m1/s1. The van der Waals surface area contributed by atoms with Crippen LogP contribution in [0.5, 0.6) is 0 Å². The largest absolute Gasteiger partial charge is 0.354 e. The third kappa shape index (κ3) is 5.50. The van der Waals surface area contributed by atoms with E-state index in [9.17, 15) is 8.42 Å². The van der Waals surface area contributed by atoms with Crippen LogP contribution in [0.3, 0.4) is 0 Å². The van der Waals surface area contributed by atoms with Gasteiger partial charge in [-0.1, -0.05) is 60.7 Å². The SMILES string of the molecule is CO[C@@H]1O[C@@H]2CO[C@H](c3ccccc3)O[C@@H]2[C@@H](OS(C)(=O)=O)[C@H]1NCc1ccccc1. The highest BCUT2D eigenvalue weighted by atomic mass is 32.2. The Labute approximate surface area is 182 Å². The number of rotatable bonds is 7. The molecule has 2 heterocycles. The van der Waals surface area contributed by atoms with E-state index in [4.69, 9.17) is 23.1 Å². The molecule has 0 bridgehead atoms. The van der Waals surface area contributed by atoms with E-state index >= 15 is 0 Å². The molecule has 0 spiro atoms. The molecule has 8 nitrogen and oxygen atoms in total. The van der Waals surface area contributed by atoms with Crippen molar-refractivity contribution in [1.82, 2.24) is 5.32 Å². The molecule has 0 radical (unpaired) electrons. The van der Waals surface area contributed by atoms with E-state index in [1.165, 1.54) is 7.11 Å². The maximum atomic E-state index is 12.1. The summed E-state index contributed by atoms with van der Waals surface area (Å²) >= 11 is 0. The van der Waals surface area contributed by atoms with E-state index in [2.05, 4.69) is 5.32 Å². The van der Waals surface area contributed by atoms with Crippen LogP contribution in [0.2, 0.25) is 0 Å². The summed E-state index contributed by atoms with van der Waals surface area (Å²) in [5, 5.41) is 3.34. The predicted octanol–water partition coefficient (Wildman–Crippen LogP) is 1.98. The summed E-state index contributed by atoms with van der Waals surface area (Å²) in [5.41, 5.74) is 1.87. The predicted molar refractivity (Wildman–Crippen MR) is 112 cm³/mol. The molecule has 2 aromatic rings. The third-order valence-electron chi connectivity index (χ3n) is 5.31. The van der Waals surface area contributed by atoms with E-state index in [1.54, 1.807) is 0 Å². The van der Waals surface area contributed by atoms with Crippen molar-refractivity contribution in [2.75, 3.05) is 20.0 Å². The van der Waals surface area contributed by atoms with E-state index in [0.717, 1.165) is 17.4 Å². The van der Waals surface area contributed by atoms with Gasteiger partial charge in [0, 0.05) is 19.2 Å². The molecular formula is C22H27NO7S. The molecule has 1 N–H and O–H groups in total. The van der Waals surface area contributed by atoms with Crippen molar-refractivity contribution in [3.63, 3.8) is 0 Å². The fourth-order valence-electron chi connectivity index (χ4n) is 3.92. The smallest absolute Gasteiger partial charge is 0.264 e. The quantitative estimate of drug-likeness (QED) is 0.642. The van der Waals surface area contributed by atoms with E-state index in [0.29, 0.717) is 6.54 Å². The van der Waals surface area contributed by atoms with E-state index < -0.39 is 47.1 Å². The summed E-state index contributed by atoms with van der Waals surface area (Å²) in [4.78, 5) is 0. The lowest BCUT2D eigenvalue weighted by molar-refractivity contribution is -0.338. The van der Waals surface area contributed by atoms with Crippen LogP contribution in [0.25, 0.3) is 0 Å². The van der Waals surface area contributed by atoms with Gasteiger partial charge in [-0.3, -0.25) is 4.18 Å². The average Bonchev–Trinajstić information content (AvgIpc) is 2.78. The number of methoxy groups -OCH3 is 1. The van der Waals surface area contributed by atoms with Crippen LogP contribution < -0.4 is 5.32 Å². The van der Waals surface area contributed by atoms with E-state index in [1.807, 2.05) is 60.7 Å². The molecule has 31 heavy (non-hydrogen) atoms. The zero-order chi connectivity index (χ0) is 21.8. The molecule has 9 heteroatoms. The molecule has 0 aromatic heterocycles. The Morgan fingerprint density at radius 2 is 1.71 bits per heavy atom. The summed E-state index contributed by atoms with van der Waals surface area (Å²) in [6.07, 6.45) is -2.43. The summed E-state index contributed by atoms with van der Waals surface area (Å²) in [5.74, 6) is 0. The summed E-state index contributed by atoms with van der Waals surface area (Å²) in [6.45, 7) is 0.702. The van der Waals surface area contributed by atoms with Gasteiger partial charge in [-0.25, -0.2) is 0 Å². The van der Waals surface area contributed by atoms with Crippen LogP contribution in [0, 0.1) is 0 Å². The lowest BCUT2D eigenvalue weighted by Crippen LogP contribution is -2.66. The Morgan fingerprint density at radius 1 is 1.03 bits per heavy atom. The molecular weight excluding hydrogens is 422 g/mol. The van der Waals surface area contributed by atoms with Gasteiger partial charge >= 0.3 is 0 Å². The maximum absolute atomic E-state index is 12.1. The molecule has 2 saturated heterocycles. The minimum Gasteiger partial charge on any atom is -0.354 e. The van der Waals surface area contributed by atoms with Crippen LogP contribution in [-0.4, -0.2) is 59.0 Å². The molecule has 0 unspecified atom stereocenters. The highest BCUT2D eigenvalue weighted by Crippen LogP contribution is 2.36. The Balaban J connectivity index is 1.59. The first-order valence-electron chi connectivity index (χ1n) is 10.1. The van der Waals surface area contributed by atoms with Crippen molar-refractivity contribution >= 4 is 10.1 Å². The van der Waals surface area contributed by atoms with Crippen LogP contribution in [0.4, 0.5) is 0 Å². The average molecular weight is 450 g/mol. The first-order chi connectivity index (χ1) is 14.9. The highest BCUT2D eigenvalue weighted by molar-refractivity contribution is 7.86. The topological polar surface area (TPSA) is 92.3 Å². The van der Waals surface area contributed by atoms with Crippen LogP contribution >= 0.6 is 0 Å². The van der Waals surface area contributed by atoms with Gasteiger partial charge in [0.1, 0.15) is 18.3 Å². The fourth-order valence-corrected chi connectivity index (χ4v) is 4.55. The second-order valence-corrected chi connectivity index (χ2v) is 9.21. The Kier molecular flexibility index (Phi) is 7.02. The number of hydrogen-bond donors (Lipinski definition) is 1. The fraction of sp³-hybridized carbons (Fsp3) is 0.455. The van der Waals surface area contributed by atoms with Gasteiger partial charge in [0.25, 0.3) is 10.1 Å². The lowest BCUT2D eigenvalue weighted by Gasteiger charge is -2.48. The van der Waals surface area contributed by atoms with Crippen molar-refractivity contribution in [3.8, 4) is 0 Å². The monoisotopic (exact) mass is 449 g/mol. The Bertz CT molecular complexity index is 935. The summed E-state index contributed by atoms with van der Waals surface area (Å²) in [7, 11) is -2.26. The molecule has 6 atom stereocenters. The van der Waals surface area contributed by atoms with Crippen molar-refractivity contribution < 1.29 is 31.5 Å². The van der Waals surface area contributed by atoms with Gasteiger partial charge in [-0.15, -0.1) is 0 Å². The first-order valence-corrected chi connectivity index (χ1v) is 11.9. The van der Waals surface area contributed by atoms with Crippen LogP contribution in [-0.2, 0) is 39.8 Å². The minimum atomic E-state index is -3.78. The van der Waals surface area contributed by atoms with Crippen LogP contribution in [0.15, 0.2) is 60.7 Å². The molecule has 2 aromatic carbocycles. The minimum absolute atomic E-state index is 0.221. The summed E-state index contributed by atoms with van der Waals surface area (Å²) < 4.78 is 53.4. The number of benzene rings is 2. The number of nitrogens with one attached hydrogen (secondary N) is 1. The third-order valence-corrected chi connectivity index (χ3v) is 5.89. The van der Waals surface area contributed by atoms with Gasteiger partial charge in [0.2, 0.25) is 0 Å². The Morgan fingerprint density at radius 3 is 2.35 bits per heavy atom. The molecule has 0 amide bonds. The molecule has 2 aliphatic heterocycles. The zero-order valence-electron chi connectivity index (χ0n) is 17.4. The first kappa shape index (κ1) is 22.3. The van der Waals surface area contributed by atoms with E-state index in [-0.39, 0.29) is 6.61 Å². The molecule has 168 valence electrons. The Hall–Kier alpha value is -1.85. The summed E-state index contributed by atoms with van der Waals surface area (Å²) in [6, 6.07) is 18.6. The second-order valence-electron chi connectivity index (χ2n) is 7.61. The molecule has 2 fully saturated rings. The van der Waals surface area contributed by atoms with Crippen molar-refractivity contribution in [1.29, 1.82) is 0 Å². The number of ether oxygens (including phenoxy) is 4. The van der Waals surface area contributed by atoms with Crippen molar-refractivity contribution in [2.24, 2.45) is 0 Å². The lowest BCUT2D eigenvalue weighted by atomic mass is 9.95. The molecule has 0 saturated carbocycles. The zero-order valence-corrected chi connectivity index (χ0v) is 18.2. The molecule has 0 aliphatic carbocycles. The van der Waals surface area contributed by atoms with Gasteiger partial charge in [0.15, 0.2) is 12.6 Å². The highest BCUT2D eigenvalue weighted by Gasteiger charge is 2.52. The van der Waals surface area contributed by atoms with Gasteiger partial charge < -0.3 is 24.3 Å². The second kappa shape index (κ2) is 9.74. The normalized spacial score (nSPS) is 31.2. The molecule has 2 aliphatic rings. The van der Waals surface area contributed by atoms with Crippen molar-refractivity contribution in [2.45, 2.75) is 43.5 Å². The van der Waals surface area contributed by atoms with Gasteiger partial charge in [-0.05, 0) is 5.56 Å². The molecule has 4 rings (SSSR count). The number of hydrogen-bond acceptors (Lipinski definition) is 8. The van der Waals surface area contributed by atoms with Crippen LogP contribution in [0.1, 0.15) is 17.4 Å². The van der Waals surface area contributed by atoms with Crippen molar-refractivity contribution in [3.05, 3.63) is 71.8 Å². The van der Waals surface area contributed by atoms with Gasteiger partial charge in [-0.2, -0.15) is 8.42 Å². The van der Waals surface area contributed by atoms with Gasteiger partial charge in [0.05, 0.1) is 18.9 Å². The number of fused-ring (bicyclic) bond motifs is 1.